The van der Waals surface area contributed by atoms with Gasteiger partial charge in [-0.3, -0.25) is 25.0 Å². The number of fused-ring (bicyclic) bond motifs is 2. The fourth-order valence-corrected chi connectivity index (χ4v) is 2.76. The Morgan fingerprint density at radius 1 is 1.36 bits per heavy atom. The highest BCUT2D eigenvalue weighted by Crippen LogP contribution is 2.30. The van der Waals surface area contributed by atoms with Gasteiger partial charge in [0.1, 0.15) is 6.04 Å². The van der Waals surface area contributed by atoms with Crippen LogP contribution < -0.4 is 16.6 Å². The van der Waals surface area contributed by atoms with Gasteiger partial charge in [0.05, 0.1) is 12.6 Å². The first-order valence-electron chi connectivity index (χ1n) is 6.28. The Kier molecular flexibility index (Phi) is 4.50. The third-order valence-corrected chi connectivity index (χ3v) is 3.66. The van der Waals surface area contributed by atoms with Crippen LogP contribution in [0, 0.1) is 0 Å². The number of nitrogens with one attached hydrogen (secondary N) is 2. The predicted molar refractivity (Wildman–Crippen MR) is 68.7 cm³/mol. The van der Waals surface area contributed by atoms with Crippen LogP contribution in [-0.2, 0) is 24.3 Å². The number of piperidine rings is 1. The first kappa shape index (κ1) is 16.4. The van der Waals surface area contributed by atoms with Crippen LogP contribution in [0.5, 0.6) is 0 Å². The van der Waals surface area contributed by atoms with Crippen LogP contribution >= 0.6 is 0 Å². The lowest BCUT2D eigenvalue weighted by atomic mass is 10.0. The van der Waals surface area contributed by atoms with Crippen molar-refractivity contribution in [3.63, 3.8) is 0 Å². The van der Waals surface area contributed by atoms with E-state index in [2.05, 4.69) is 15.1 Å². The average Bonchev–Trinajstić information content (AvgIpc) is 2.68. The van der Waals surface area contributed by atoms with E-state index in [-0.39, 0.29) is 19.5 Å². The van der Waals surface area contributed by atoms with Crippen LogP contribution in [0.15, 0.2) is 0 Å². The van der Waals surface area contributed by atoms with E-state index in [4.69, 9.17) is 10.3 Å². The summed E-state index contributed by atoms with van der Waals surface area (Å²) in [7, 11) is -4.83. The van der Waals surface area contributed by atoms with Crippen LogP contribution in [0.3, 0.4) is 0 Å². The molecular weight excluding hydrogens is 322 g/mol. The predicted octanol–water partition coefficient (Wildman–Crippen LogP) is -2.90. The third kappa shape index (κ3) is 3.44. The lowest BCUT2D eigenvalue weighted by Gasteiger charge is -2.29. The summed E-state index contributed by atoms with van der Waals surface area (Å²) in [5.41, 5.74) is 9.26. The summed E-state index contributed by atoms with van der Waals surface area (Å²) in [6.45, 7) is -0.247. The minimum absolute atomic E-state index is 0.0667. The summed E-state index contributed by atoms with van der Waals surface area (Å²) in [4.78, 5) is 36.1. The molecule has 0 radical (unpaired) electrons. The Morgan fingerprint density at radius 3 is 2.64 bits per heavy atom. The molecular formula is C9H15N5O7S. The largest absolute Gasteiger partial charge is 0.418 e. The van der Waals surface area contributed by atoms with E-state index in [0.29, 0.717) is 11.5 Å². The van der Waals surface area contributed by atoms with Crippen molar-refractivity contribution in [2.75, 3.05) is 13.1 Å². The van der Waals surface area contributed by atoms with Gasteiger partial charge in [0.2, 0.25) is 0 Å². The molecule has 0 aromatic heterocycles. The normalized spacial score (nSPS) is 24.4. The lowest BCUT2D eigenvalue weighted by Crippen LogP contribution is -2.54. The number of hydrogen-bond donors (Lipinski definition) is 4. The Balaban J connectivity index is 2.02. The van der Waals surface area contributed by atoms with Gasteiger partial charge in [-0.05, 0) is 12.8 Å². The number of amides is 4. The Hall–Kier alpha value is -1.96. The number of carbonyl (C=O) groups is 3. The highest BCUT2D eigenvalue weighted by Gasteiger charge is 2.49. The second-order valence-electron chi connectivity index (χ2n) is 4.75. The summed E-state index contributed by atoms with van der Waals surface area (Å²) >= 11 is 0. The fraction of sp³-hybridized carbons (Fsp3) is 0.667. The van der Waals surface area contributed by atoms with Crippen molar-refractivity contribution < 1.29 is 31.6 Å². The molecule has 4 amide bonds. The van der Waals surface area contributed by atoms with Crippen LogP contribution in [0.25, 0.3) is 0 Å². The van der Waals surface area contributed by atoms with Crippen LogP contribution in [0.4, 0.5) is 4.79 Å². The van der Waals surface area contributed by atoms with Crippen molar-refractivity contribution in [3.05, 3.63) is 0 Å². The number of carbonyl (C=O) groups excluding carboxylic acids is 3. The molecule has 22 heavy (non-hydrogen) atoms. The maximum atomic E-state index is 12.0. The average molecular weight is 337 g/mol. The monoisotopic (exact) mass is 337 g/mol. The van der Waals surface area contributed by atoms with E-state index in [1.54, 1.807) is 0 Å². The molecule has 0 aliphatic carbocycles. The Morgan fingerprint density at radius 2 is 2.05 bits per heavy atom. The molecule has 0 aromatic carbocycles. The topological polar surface area (TPSA) is 171 Å². The zero-order valence-electron chi connectivity index (χ0n) is 11.3. The van der Waals surface area contributed by atoms with E-state index in [9.17, 15) is 22.8 Å². The molecule has 2 atom stereocenters. The highest BCUT2D eigenvalue weighted by molar-refractivity contribution is 7.80. The van der Waals surface area contributed by atoms with E-state index >= 15 is 0 Å². The summed E-state index contributed by atoms with van der Waals surface area (Å²) < 4.78 is 34.3. The third-order valence-electron chi connectivity index (χ3n) is 3.31. The molecule has 2 bridgehead atoms. The smallest absolute Gasteiger partial charge is 0.322 e. The van der Waals surface area contributed by atoms with Crippen molar-refractivity contribution in [2.24, 2.45) is 5.73 Å². The molecule has 0 aromatic rings. The first-order valence-corrected chi connectivity index (χ1v) is 7.65. The second kappa shape index (κ2) is 6.04. The van der Waals surface area contributed by atoms with Crippen LogP contribution in [0.1, 0.15) is 12.8 Å². The SMILES string of the molecule is NCC(=O)NNC(=O)C1CCC2CN1C(=O)N2OS(=O)(=O)O. The summed E-state index contributed by atoms with van der Waals surface area (Å²) in [6.07, 6.45) is 0.534. The zero-order valence-corrected chi connectivity index (χ0v) is 12.1. The van der Waals surface area contributed by atoms with E-state index in [1.807, 2.05) is 0 Å². The second-order valence-corrected chi connectivity index (χ2v) is 5.76. The number of hydrogen-bond acceptors (Lipinski definition) is 7. The number of rotatable bonds is 4. The minimum atomic E-state index is -4.83. The molecule has 0 saturated carbocycles. The molecule has 2 heterocycles. The standard InChI is InChI=1S/C9H15N5O7S/c10-3-7(15)11-12-8(16)6-2-1-5-4-13(6)9(17)14(5)21-22(18,19)20/h5-6H,1-4,10H2,(H,11,15)(H,12,16)(H,18,19,20). The fourth-order valence-electron chi connectivity index (χ4n) is 2.37. The molecule has 2 saturated heterocycles. The van der Waals surface area contributed by atoms with Crippen LogP contribution in [0.2, 0.25) is 0 Å². The summed E-state index contributed by atoms with van der Waals surface area (Å²) in [6, 6.07) is -2.33. The minimum Gasteiger partial charge on any atom is -0.322 e. The number of hydrazine groups is 1. The first-order chi connectivity index (χ1) is 10.2. The molecule has 124 valence electrons. The van der Waals surface area contributed by atoms with Crippen LogP contribution in [-0.4, -0.2) is 66.0 Å². The molecule has 5 N–H and O–H groups in total. The summed E-state index contributed by atoms with van der Waals surface area (Å²) in [5.74, 6) is -1.24. The molecule has 2 rings (SSSR count). The molecule has 0 spiro atoms. The number of nitrogens with two attached hydrogens (primary N) is 1. The molecule has 2 fully saturated rings. The molecule has 2 aliphatic heterocycles. The molecule has 13 heteroatoms. The molecule has 12 nitrogen and oxygen atoms in total. The molecule has 2 unspecified atom stereocenters. The van der Waals surface area contributed by atoms with Gasteiger partial charge in [-0.1, -0.05) is 0 Å². The Bertz CT molecular complexity index is 593. The van der Waals surface area contributed by atoms with Crippen molar-refractivity contribution in [1.82, 2.24) is 20.8 Å². The maximum Gasteiger partial charge on any atom is 0.418 e. The number of nitrogens with zero attached hydrogens (tertiary/aromatic N) is 2. The van der Waals surface area contributed by atoms with Gasteiger partial charge >= 0.3 is 16.4 Å². The highest BCUT2D eigenvalue weighted by atomic mass is 32.3. The lowest BCUT2D eigenvalue weighted by molar-refractivity contribution is -0.131. The van der Waals surface area contributed by atoms with Gasteiger partial charge in [0.15, 0.2) is 0 Å². The van der Waals surface area contributed by atoms with Crippen molar-refractivity contribution in [3.8, 4) is 0 Å². The van der Waals surface area contributed by atoms with Gasteiger partial charge in [0.25, 0.3) is 11.8 Å². The summed E-state index contributed by atoms with van der Waals surface area (Å²) in [5, 5.41) is 0.529. The van der Waals surface area contributed by atoms with E-state index < -0.39 is 40.3 Å². The van der Waals surface area contributed by atoms with Gasteiger partial charge in [-0.15, -0.1) is 4.28 Å². The quantitative estimate of drug-likeness (QED) is 0.312. The van der Waals surface area contributed by atoms with Gasteiger partial charge < -0.3 is 10.6 Å². The zero-order chi connectivity index (χ0) is 16.5. The Labute approximate surface area is 125 Å². The van der Waals surface area contributed by atoms with Gasteiger partial charge in [-0.25, -0.2) is 4.79 Å². The van der Waals surface area contributed by atoms with Gasteiger partial charge in [-0.2, -0.15) is 13.5 Å². The van der Waals surface area contributed by atoms with E-state index in [1.165, 1.54) is 0 Å². The van der Waals surface area contributed by atoms with Crippen molar-refractivity contribution >= 4 is 28.2 Å². The van der Waals surface area contributed by atoms with Crippen molar-refractivity contribution in [1.29, 1.82) is 0 Å². The number of urea groups is 1. The van der Waals surface area contributed by atoms with Crippen molar-refractivity contribution in [2.45, 2.75) is 24.9 Å². The maximum absolute atomic E-state index is 12.0. The van der Waals surface area contributed by atoms with Gasteiger partial charge in [0, 0.05) is 6.54 Å². The molecule has 2 aliphatic rings. The number of hydroxylamine groups is 2. The van der Waals surface area contributed by atoms with E-state index in [0.717, 1.165) is 4.90 Å².